The predicted molar refractivity (Wildman–Crippen MR) is 101 cm³/mol. The SMILES string of the molecule is O=C(NCC12CC3CC(CC(C3)C1)C2)c1cc(COCCO)ccc1Cl. The number of nitrogens with one attached hydrogen (secondary N) is 1. The van der Waals surface area contributed by atoms with E-state index in [1.54, 1.807) is 12.1 Å². The number of carbonyl (C=O) groups excluding carboxylic acids is 1. The molecule has 1 aromatic carbocycles. The number of carbonyl (C=O) groups is 1. The highest BCUT2D eigenvalue weighted by atomic mass is 35.5. The molecule has 4 fully saturated rings. The summed E-state index contributed by atoms with van der Waals surface area (Å²) in [6.07, 6.45) is 8.07. The van der Waals surface area contributed by atoms with Gasteiger partial charge in [0.25, 0.3) is 5.91 Å². The molecule has 4 aliphatic carbocycles. The molecule has 0 atom stereocenters. The van der Waals surface area contributed by atoms with Crippen LogP contribution in [0.5, 0.6) is 0 Å². The first-order valence-corrected chi connectivity index (χ1v) is 10.2. The van der Waals surface area contributed by atoms with E-state index in [1.807, 2.05) is 6.07 Å². The molecule has 0 saturated heterocycles. The summed E-state index contributed by atoms with van der Waals surface area (Å²) in [4.78, 5) is 12.8. The van der Waals surface area contributed by atoms with Crippen LogP contribution in [0.15, 0.2) is 18.2 Å². The van der Waals surface area contributed by atoms with Gasteiger partial charge in [0.15, 0.2) is 0 Å². The molecule has 26 heavy (non-hydrogen) atoms. The van der Waals surface area contributed by atoms with Crippen molar-refractivity contribution >= 4 is 17.5 Å². The molecular weight excluding hydrogens is 350 g/mol. The van der Waals surface area contributed by atoms with E-state index in [0.717, 1.165) is 29.9 Å². The molecule has 0 aliphatic heterocycles. The summed E-state index contributed by atoms with van der Waals surface area (Å²) < 4.78 is 5.34. The second-order valence-electron chi connectivity index (χ2n) is 8.69. The quantitative estimate of drug-likeness (QED) is 0.710. The number of aliphatic hydroxyl groups is 1. The van der Waals surface area contributed by atoms with Crippen LogP contribution in [-0.2, 0) is 11.3 Å². The van der Waals surface area contributed by atoms with E-state index < -0.39 is 0 Å². The Morgan fingerprint density at radius 1 is 1.19 bits per heavy atom. The van der Waals surface area contributed by atoms with E-state index in [9.17, 15) is 4.79 Å². The maximum atomic E-state index is 12.8. The van der Waals surface area contributed by atoms with Gasteiger partial charge in [-0.2, -0.15) is 0 Å². The standard InChI is InChI=1S/C21H28ClNO3/c22-19-2-1-14(12-26-4-3-24)8-18(19)20(25)23-13-21-9-15-5-16(10-21)7-17(6-15)11-21/h1-2,8,15-17,24H,3-7,9-13H2,(H,23,25). The van der Waals surface area contributed by atoms with Crippen molar-refractivity contribution in [1.82, 2.24) is 5.32 Å². The van der Waals surface area contributed by atoms with Crippen LogP contribution in [0.3, 0.4) is 0 Å². The van der Waals surface area contributed by atoms with Crippen LogP contribution in [0.4, 0.5) is 0 Å². The van der Waals surface area contributed by atoms with Crippen LogP contribution in [0.25, 0.3) is 0 Å². The summed E-state index contributed by atoms with van der Waals surface area (Å²) in [5.41, 5.74) is 1.72. The van der Waals surface area contributed by atoms with Gasteiger partial charge in [0.05, 0.1) is 30.4 Å². The third-order valence-electron chi connectivity index (χ3n) is 6.57. The largest absolute Gasteiger partial charge is 0.394 e. The molecule has 4 nitrogen and oxygen atoms in total. The summed E-state index contributed by atoms with van der Waals surface area (Å²) in [6.45, 7) is 1.42. The van der Waals surface area contributed by atoms with E-state index in [2.05, 4.69) is 5.32 Å². The van der Waals surface area contributed by atoms with Gasteiger partial charge in [-0.1, -0.05) is 17.7 Å². The molecule has 0 spiro atoms. The lowest BCUT2D eigenvalue weighted by atomic mass is 9.49. The van der Waals surface area contributed by atoms with Crippen molar-refractivity contribution in [1.29, 1.82) is 0 Å². The van der Waals surface area contributed by atoms with Gasteiger partial charge < -0.3 is 15.2 Å². The molecule has 5 heteroatoms. The van der Waals surface area contributed by atoms with Crippen LogP contribution in [0, 0.1) is 23.2 Å². The molecule has 0 heterocycles. The van der Waals surface area contributed by atoms with Crippen molar-refractivity contribution in [3.05, 3.63) is 34.3 Å². The van der Waals surface area contributed by atoms with Crippen molar-refractivity contribution in [3.8, 4) is 0 Å². The van der Waals surface area contributed by atoms with Gasteiger partial charge in [-0.25, -0.2) is 0 Å². The Morgan fingerprint density at radius 3 is 2.46 bits per heavy atom. The van der Waals surface area contributed by atoms with Gasteiger partial charge in [-0.3, -0.25) is 4.79 Å². The number of rotatable bonds is 7. The number of hydrogen-bond acceptors (Lipinski definition) is 3. The Kier molecular flexibility index (Phi) is 5.27. The van der Waals surface area contributed by atoms with E-state index in [1.165, 1.54) is 38.5 Å². The van der Waals surface area contributed by atoms with Crippen molar-refractivity contribution < 1.29 is 14.6 Å². The third kappa shape index (κ3) is 3.78. The fourth-order valence-electron chi connectivity index (χ4n) is 5.96. The fourth-order valence-corrected chi connectivity index (χ4v) is 6.16. The number of aliphatic hydroxyl groups excluding tert-OH is 1. The number of ether oxygens (including phenoxy) is 1. The lowest BCUT2D eigenvalue weighted by Crippen LogP contribution is -2.51. The highest BCUT2D eigenvalue weighted by Gasteiger charge is 2.50. The van der Waals surface area contributed by atoms with E-state index in [0.29, 0.717) is 22.6 Å². The molecule has 2 N–H and O–H groups in total. The van der Waals surface area contributed by atoms with Crippen LogP contribution >= 0.6 is 11.6 Å². The first-order valence-electron chi connectivity index (χ1n) is 9.82. The Bertz CT molecular complexity index is 640. The number of benzene rings is 1. The average Bonchev–Trinajstić information content (AvgIpc) is 2.60. The van der Waals surface area contributed by atoms with E-state index in [4.69, 9.17) is 21.4 Å². The maximum Gasteiger partial charge on any atom is 0.252 e. The first kappa shape index (κ1) is 18.3. The molecule has 1 aromatic rings. The third-order valence-corrected chi connectivity index (χ3v) is 6.90. The summed E-state index contributed by atoms with van der Waals surface area (Å²) in [5, 5.41) is 12.5. The molecule has 4 aliphatic rings. The van der Waals surface area contributed by atoms with Crippen molar-refractivity contribution in [3.63, 3.8) is 0 Å². The number of halogens is 1. The van der Waals surface area contributed by atoms with Crippen LogP contribution in [0.1, 0.15) is 54.4 Å². The Labute approximate surface area is 160 Å². The first-order chi connectivity index (χ1) is 12.6. The van der Waals surface area contributed by atoms with Crippen LogP contribution in [0.2, 0.25) is 5.02 Å². The molecule has 0 unspecified atom stereocenters. The van der Waals surface area contributed by atoms with Crippen LogP contribution in [-0.4, -0.2) is 30.8 Å². The second kappa shape index (κ2) is 7.49. The summed E-state index contributed by atoms with van der Waals surface area (Å²) >= 11 is 6.27. The monoisotopic (exact) mass is 377 g/mol. The fraction of sp³-hybridized carbons (Fsp3) is 0.667. The van der Waals surface area contributed by atoms with Crippen molar-refractivity contribution in [2.75, 3.05) is 19.8 Å². The van der Waals surface area contributed by atoms with E-state index in [-0.39, 0.29) is 19.1 Å². The summed E-state index contributed by atoms with van der Waals surface area (Å²) in [5.74, 6) is 2.56. The van der Waals surface area contributed by atoms with Gasteiger partial charge in [0.1, 0.15) is 0 Å². The Balaban J connectivity index is 1.40. The second-order valence-corrected chi connectivity index (χ2v) is 9.10. The smallest absolute Gasteiger partial charge is 0.252 e. The summed E-state index contributed by atoms with van der Waals surface area (Å²) in [7, 11) is 0. The average molecular weight is 378 g/mol. The molecule has 0 radical (unpaired) electrons. The lowest BCUT2D eigenvalue weighted by molar-refractivity contribution is -0.0503. The minimum absolute atomic E-state index is 0.00794. The number of hydrogen-bond donors (Lipinski definition) is 2. The number of amides is 1. The molecule has 4 bridgehead atoms. The maximum absolute atomic E-state index is 12.8. The normalized spacial score (nSPS) is 32.0. The van der Waals surface area contributed by atoms with Crippen LogP contribution < -0.4 is 5.32 Å². The van der Waals surface area contributed by atoms with Gasteiger partial charge in [-0.05, 0) is 79.4 Å². The Hall–Kier alpha value is -1.10. The topological polar surface area (TPSA) is 58.6 Å². The summed E-state index contributed by atoms with van der Waals surface area (Å²) in [6, 6.07) is 5.41. The molecule has 142 valence electrons. The van der Waals surface area contributed by atoms with Gasteiger partial charge in [-0.15, -0.1) is 0 Å². The molecular formula is C21H28ClNO3. The zero-order chi connectivity index (χ0) is 18.1. The minimum Gasteiger partial charge on any atom is -0.394 e. The van der Waals surface area contributed by atoms with Crippen molar-refractivity contribution in [2.45, 2.75) is 45.1 Å². The molecule has 5 rings (SSSR count). The van der Waals surface area contributed by atoms with Gasteiger partial charge in [0.2, 0.25) is 0 Å². The molecule has 4 saturated carbocycles. The highest BCUT2D eigenvalue weighted by Crippen LogP contribution is 2.59. The highest BCUT2D eigenvalue weighted by molar-refractivity contribution is 6.33. The van der Waals surface area contributed by atoms with E-state index >= 15 is 0 Å². The molecule has 1 amide bonds. The predicted octanol–water partition coefficient (Wildman–Crippen LogP) is 3.80. The zero-order valence-electron chi connectivity index (χ0n) is 15.2. The lowest BCUT2D eigenvalue weighted by Gasteiger charge is -2.56. The van der Waals surface area contributed by atoms with Gasteiger partial charge in [0, 0.05) is 6.54 Å². The zero-order valence-corrected chi connectivity index (χ0v) is 15.9. The minimum atomic E-state index is -0.0882. The van der Waals surface area contributed by atoms with Crippen molar-refractivity contribution in [2.24, 2.45) is 23.2 Å². The molecule has 0 aromatic heterocycles. The van der Waals surface area contributed by atoms with Gasteiger partial charge >= 0.3 is 0 Å². The Morgan fingerprint density at radius 2 is 1.85 bits per heavy atom.